The number of carbonyl (C=O) groups excluding carboxylic acids is 2. The number of nitrogens with two attached hydrogens (primary N) is 1. The second-order valence-electron chi connectivity index (χ2n) is 3.41. The van der Waals surface area contributed by atoms with Crippen LogP contribution in [-0.4, -0.2) is 17.8 Å². The van der Waals surface area contributed by atoms with Crippen molar-refractivity contribution < 1.29 is 9.59 Å². The van der Waals surface area contributed by atoms with Gasteiger partial charge < -0.3 is 16.4 Å². The van der Waals surface area contributed by atoms with Gasteiger partial charge in [0.05, 0.1) is 0 Å². The van der Waals surface area contributed by atoms with E-state index in [2.05, 4.69) is 10.6 Å². The first kappa shape index (κ1) is 13.3. The summed E-state index contributed by atoms with van der Waals surface area (Å²) in [6.45, 7) is 0. The molecule has 1 aromatic carbocycles. The molecule has 0 unspecified atom stereocenters. The number of carbonyl (C=O) groups is 2. The number of alkyl halides is 1. The summed E-state index contributed by atoms with van der Waals surface area (Å²) in [4.78, 5) is 22.0. The van der Waals surface area contributed by atoms with Crippen LogP contribution in [0.1, 0.15) is 12.8 Å². The standard InChI is InChI=1S/C11H14ClN3O2/c12-7-1-2-10(16)14-8-3-5-9(6-4-8)15-11(13)17/h3-6H,1-2,7H2,(H,14,16)(H3,13,15,17). The zero-order valence-electron chi connectivity index (χ0n) is 9.20. The number of anilines is 2. The highest BCUT2D eigenvalue weighted by atomic mass is 35.5. The minimum Gasteiger partial charge on any atom is -0.351 e. The molecule has 92 valence electrons. The lowest BCUT2D eigenvalue weighted by Gasteiger charge is -2.06. The average Bonchev–Trinajstić information content (AvgIpc) is 2.28. The maximum Gasteiger partial charge on any atom is 0.316 e. The van der Waals surface area contributed by atoms with Gasteiger partial charge in [-0.3, -0.25) is 4.79 Å². The maximum atomic E-state index is 11.4. The van der Waals surface area contributed by atoms with Crippen molar-refractivity contribution >= 4 is 34.9 Å². The molecule has 3 amide bonds. The molecule has 0 atom stereocenters. The fourth-order valence-corrected chi connectivity index (χ4v) is 1.36. The summed E-state index contributed by atoms with van der Waals surface area (Å²) in [6, 6.07) is 6.06. The minimum atomic E-state index is -0.621. The van der Waals surface area contributed by atoms with Crippen LogP contribution in [0.3, 0.4) is 0 Å². The first-order valence-corrected chi connectivity index (χ1v) is 5.67. The van der Waals surface area contributed by atoms with Crippen molar-refractivity contribution in [3.8, 4) is 0 Å². The summed E-state index contributed by atoms with van der Waals surface area (Å²) < 4.78 is 0. The summed E-state index contributed by atoms with van der Waals surface area (Å²) >= 11 is 5.49. The largest absolute Gasteiger partial charge is 0.351 e. The van der Waals surface area contributed by atoms with Crippen molar-refractivity contribution in [1.29, 1.82) is 0 Å². The average molecular weight is 256 g/mol. The van der Waals surface area contributed by atoms with Gasteiger partial charge in [-0.25, -0.2) is 4.79 Å². The van der Waals surface area contributed by atoms with E-state index in [4.69, 9.17) is 17.3 Å². The first-order chi connectivity index (χ1) is 8.11. The van der Waals surface area contributed by atoms with E-state index in [1.807, 2.05) is 0 Å². The van der Waals surface area contributed by atoms with Crippen LogP contribution < -0.4 is 16.4 Å². The Hall–Kier alpha value is -1.75. The molecule has 0 spiro atoms. The summed E-state index contributed by atoms with van der Waals surface area (Å²) in [5, 5.41) is 5.14. The lowest BCUT2D eigenvalue weighted by molar-refractivity contribution is -0.116. The summed E-state index contributed by atoms with van der Waals surface area (Å²) in [7, 11) is 0. The van der Waals surface area contributed by atoms with Gasteiger partial charge in [-0.2, -0.15) is 0 Å². The Morgan fingerprint density at radius 1 is 1.12 bits per heavy atom. The molecule has 0 bridgehead atoms. The molecule has 1 rings (SSSR count). The third-order valence-electron chi connectivity index (χ3n) is 1.97. The molecule has 0 radical (unpaired) electrons. The number of benzene rings is 1. The van der Waals surface area contributed by atoms with E-state index in [-0.39, 0.29) is 5.91 Å². The monoisotopic (exact) mass is 255 g/mol. The quantitative estimate of drug-likeness (QED) is 0.704. The van der Waals surface area contributed by atoms with Crippen molar-refractivity contribution in [1.82, 2.24) is 0 Å². The summed E-state index contributed by atoms with van der Waals surface area (Å²) in [5.74, 6) is 0.385. The number of amides is 3. The van der Waals surface area contributed by atoms with E-state index in [0.717, 1.165) is 0 Å². The van der Waals surface area contributed by atoms with Gasteiger partial charge in [0, 0.05) is 23.7 Å². The zero-order chi connectivity index (χ0) is 12.7. The number of hydrogen-bond acceptors (Lipinski definition) is 2. The Morgan fingerprint density at radius 3 is 2.12 bits per heavy atom. The predicted molar refractivity (Wildman–Crippen MR) is 68.2 cm³/mol. The van der Waals surface area contributed by atoms with Crippen LogP contribution in [0.25, 0.3) is 0 Å². The van der Waals surface area contributed by atoms with Crippen molar-refractivity contribution in [2.24, 2.45) is 5.73 Å². The van der Waals surface area contributed by atoms with E-state index in [1.54, 1.807) is 24.3 Å². The van der Waals surface area contributed by atoms with Gasteiger partial charge in [-0.1, -0.05) is 0 Å². The highest BCUT2D eigenvalue weighted by Crippen LogP contribution is 2.13. The molecule has 0 aromatic heterocycles. The molecule has 5 nitrogen and oxygen atoms in total. The van der Waals surface area contributed by atoms with E-state index >= 15 is 0 Å². The number of halogens is 1. The third kappa shape index (κ3) is 5.21. The van der Waals surface area contributed by atoms with Crippen LogP contribution >= 0.6 is 11.6 Å². The van der Waals surface area contributed by atoms with E-state index < -0.39 is 6.03 Å². The van der Waals surface area contributed by atoms with Crippen LogP contribution in [0.4, 0.5) is 16.2 Å². The normalized spacial score (nSPS) is 9.71. The molecule has 0 heterocycles. The number of hydrogen-bond donors (Lipinski definition) is 3. The van der Waals surface area contributed by atoms with Gasteiger partial charge in [-0.15, -0.1) is 11.6 Å². The third-order valence-corrected chi connectivity index (χ3v) is 2.24. The summed E-state index contributed by atoms with van der Waals surface area (Å²) in [6.07, 6.45) is 1.04. The second-order valence-corrected chi connectivity index (χ2v) is 3.79. The van der Waals surface area contributed by atoms with Crippen molar-refractivity contribution in [2.45, 2.75) is 12.8 Å². The van der Waals surface area contributed by atoms with Crippen LogP contribution in [0.15, 0.2) is 24.3 Å². The Morgan fingerprint density at radius 2 is 1.65 bits per heavy atom. The van der Waals surface area contributed by atoms with Crippen LogP contribution in [0.5, 0.6) is 0 Å². The number of urea groups is 1. The van der Waals surface area contributed by atoms with Crippen LogP contribution in [0, 0.1) is 0 Å². The second kappa shape index (κ2) is 6.75. The van der Waals surface area contributed by atoms with E-state index in [0.29, 0.717) is 30.1 Å². The van der Waals surface area contributed by atoms with E-state index in [1.165, 1.54) is 0 Å². The number of nitrogens with one attached hydrogen (secondary N) is 2. The molecule has 0 fully saturated rings. The van der Waals surface area contributed by atoms with Crippen molar-refractivity contribution in [3.05, 3.63) is 24.3 Å². The Balaban J connectivity index is 2.50. The lowest BCUT2D eigenvalue weighted by Crippen LogP contribution is -2.19. The Labute approximate surface area is 104 Å². The molecular formula is C11H14ClN3O2. The van der Waals surface area contributed by atoms with Gasteiger partial charge >= 0.3 is 6.03 Å². The number of rotatable bonds is 5. The Kier molecular flexibility index (Phi) is 5.29. The topological polar surface area (TPSA) is 84.2 Å². The predicted octanol–water partition coefficient (Wildman–Crippen LogP) is 2.13. The molecule has 17 heavy (non-hydrogen) atoms. The molecule has 6 heteroatoms. The molecule has 0 aliphatic heterocycles. The first-order valence-electron chi connectivity index (χ1n) is 5.14. The highest BCUT2D eigenvalue weighted by molar-refractivity contribution is 6.18. The molecule has 0 aliphatic rings. The van der Waals surface area contributed by atoms with Gasteiger partial charge in [0.15, 0.2) is 0 Å². The zero-order valence-corrected chi connectivity index (χ0v) is 9.96. The molecule has 0 aliphatic carbocycles. The Bertz CT molecular complexity index is 392. The van der Waals surface area contributed by atoms with Crippen molar-refractivity contribution in [2.75, 3.05) is 16.5 Å². The van der Waals surface area contributed by atoms with Gasteiger partial charge in [0.2, 0.25) is 5.91 Å². The van der Waals surface area contributed by atoms with Gasteiger partial charge in [-0.05, 0) is 30.7 Å². The van der Waals surface area contributed by atoms with Gasteiger partial charge in [0.1, 0.15) is 0 Å². The molecule has 1 aromatic rings. The van der Waals surface area contributed by atoms with Crippen LogP contribution in [-0.2, 0) is 4.79 Å². The van der Waals surface area contributed by atoms with Crippen LogP contribution in [0.2, 0.25) is 0 Å². The van der Waals surface area contributed by atoms with E-state index in [9.17, 15) is 9.59 Å². The molecule has 0 saturated heterocycles. The smallest absolute Gasteiger partial charge is 0.316 e. The minimum absolute atomic E-state index is 0.0822. The number of primary amides is 1. The highest BCUT2D eigenvalue weighted by Gasteiger charge is 2.02. The molecule has 4 N–H and O–H groups in total. The fourth-order valence-electron chi connectivity index (χ4n) is 1.23. The van der Waals surface area contributed by atoms with Crippen molar-refractivity contribution in [3.63, 3.8) is 0 Å². The summed E-state index contributed by atoms with van der Waals surface area (Å²) in [5.41, 5.74) is 6.21. The van der Waals surface area contributed by atoms with Gasteiger partial charge in [0.25, 0.3) is 0 Å². The molecule has 0 saturated carbocycles. The SMILES string of the molecule is NC(=O)Nc1ccc(NC(=O)CCCCl)cc1. The maximum absolute atomic E-state index is 11.4. The fraction of sp³-hybridized carbons (Fsp3) is 0.273. The lowest BCUT2D eigenvalue weighted by atomic mass is 10.2. The molecular weight excluding hydrogens is 242 g/mol.